The molecule has 1 aromatic heterocycles. The highest BCUT2D eigenvalue weighted by Gasteiger charge is 2.26. The van der Waals surface area contributed by atoms with Gasteiger partial charge in [0.1, 0.15) is 4.88 Å². The first-order valence-corrected chi connectivity index (χ1v) is 5.77. The van der Waals surface area contributed by atoms with Gasteiger partial charge in [-0.3, -0.25) is 4.79 Å². The van der Waals surface area contributed by atoms with Gasteiger partial charge in [-0.2, -0.15) is 0 Å². The van der Waals surface area contributed by atoms with Crippen LogP contribution in [0.25, 0.3) is 0 Å². The van der Waals surface area contributed by atoms with Crippen molar-refractivity contribution in [2.75, 3.05) is 13.1 Å². The van der Waals surface area contributed by atoms with Crippen LogP contribution in [0.1, 0.15) is 23.5 Å². The fourth-order valence-electron chi connectivity index (χ4n) is 1.91. The Kier molecular flexibility index (Phi) is 4.64. The molecule has 1 N–H and O–H groups in total. The lowest BCUT2D eigenvalue weighted by Crippen LogP contribution is -2.55. The molecular weight excluding hydrogens is 248 g/mol. The Morgan fingerprint density at radius 3 is 2.62 bits per heavy atom. The monoisotopic (exact) mass is 262 g/mol. The summed E-state index contributed by atoms with van der Waals surface area (Å²) in [6.45, 7) is 5.67. The van der Waals surface area contributed by atoms with Crippen molar-refractivity contribution in [1.82, 2.24) is 19.8 Å². The molecule has 1 fully saturated rings. The second kappa shape index (κ2) is 5.56. The molecule has 1 aromatic rings. The number of halogens is 1. The first-order chi connectivity index (χ1) is 7.16. The lowest BCUT2D eigenvalue weighted by Gasteiger charge is -2.35. The molecule has 5 nitrogen and oxygen atoms in total. The first kappa shape index (κ1) is 13.3. The summed E-state index contributed by atoms with van der Waals surface area (Å²) in [5.74, 6) is 0.0465. The van der Waals surface area contributed by atoms with E-state index in [9.17, 15) is 4.79 Å². The minimum Gasteiger partial charge on any atom is -0.335 e. The fourth-order valence-corrected chi connectivity index (χ4v) is 2.39. The zero-order valence-corrected chi connectivity index (χ0v) is 10.8. The molecule has 2 unspecified atom stereocenters. The van der Waals surface area contributed by atoms with Crippen molar-refractivity contribution in [3.63, 3.8) is 0 Å². The Hall–Kier alpha value is -0.720. The van der Waals surface area contributed by atoms with Crippen molar-refractivity contribution in [3.8, 4) is 0 Å². The summed E-state index contributed by atoms with van der Waals surface area (Å²) >= 11 is 1.15. The van der Waals surface area contributed by atoms with Crippen molar-refractivity contribution in [3.05, 3.63) is 11.1 Å². The molecule has 2 atom stereocenters. The van der Waals surface area contributed by atoms with E-state index in [0.717, 1.165) is 24.6 Å². The number of amides is 1. The largest absolute Gasteiger partial charge is 0.335 e. The van der Waals surface area contributed by atoms with Crippen LogP contribution in [0.4, 0.5) is 0 Å². The van der Waals surface area contributed by atoms with Crippen molar-refractivity contribution in [2.45, 2.75) is 25.9 Å². The normalized spacial score (nSPS) is 25.0. The van der Waals surface area contributed by atoms with Gasteiger partial charge in [-0.15, -0.1) is 17.5 Å². The Balaban J connectivity index is 0.00000128. The molecule has 2 heterocycles. The highest BCUT2D eigenvalue weighted by molar-refractivity contribution is 7.07. The zero-order chi connectivity index (χ0) is 10.8. The minimum atomic E-state index is 0. The second-order valence-electron chi connectivity index (χ2n) is 3.96. The summed E-state index contributed by atoms with van der Waals surface area (Å²) < 4.78 is 3.70. The molecule has 7 heteroatoms. The van der Waals surface area contributed by atoms with E-state index in [0.29, 0.717) is 17.0 Å². The van der Waals surface area contributed by atoms with Gasteiger partial charge >= 0.3 is 0 Å². The van der Waals surface area contributed by atoms with Crippen molar-refractivity contribution < 1.29 is 4.79 Å². The van der Waals surface area contributed by atoms with Gasteiger partial charge in [0.25, 0.3) is 5.91 Å². The van der Waals surface area contributed by atoms with Crippen LogP contribution in [-0.2, 0) is 0 Å². The number of carbonyl (C=O) groups excluding carboxylic acids is 1. The fraction of sp³-hybridized carbons (Fsp3) is 0.667. The van der Waals surface area contributed by atoms with Gasteiger partial charge in [0.2, 0.25) is 0 Å². The molecule has 0 aromatic carbocycles. The SMILES string of the molecule is CC1CN(C(=O)c2cnns2)CC(C)N1.Cl. The molecule has 90 valence electrons. The van der Waals surface area contributed by atoms with Crippen LogP contribution < -0.4 is 5.32 Å². The molecule has 0 spiro atoms. The van der Waals surface area contributed by atoms with Gasteiger partial charge in [-0.25, -0.2) is 0 Å². The molecule has 1 aliphatic heterocycles. The number of hydrogen-bond acceptors (Lipinski definition) is 5. The molecular formula is C9H15ClN4OS. The van der Waals surface area contributed by atoms with E-state index in [-0.39, 0.29) is 18.3 Å². The summed E-state index contributed by atoms with van der Waals surface area (Å²) in [6.07, 6.45) is 1.53. The van der Waals surface area contributed by atoms with Gasteiger partial charge < -0.3 is 10.2 Å². The Bertz CT molecular complexity index is 335. The molecule has 1 amide bonds. The van der Waals surface area contributed by atoms with Gasteiger partial charge in [-0.05, 0) is 25.4 Å². The van der Waals surface area contributed by atoms with E-state index in [1.54, 1.807) is 0 Å². The van der Waals surface area contributed by atoms with E-state index in [1.165, 1.54) is 6.20 Å². The third-order valence-electron chi connectivity index (χ3n) is 2.42. The second-order valence-corrected chi connectivity index (χ2v) is 4.75. The summed E-state index contributed by atoms with van der Waals surface area (Å²) in [4.78, 5) is 14.5. The van der Waals surface area contributed by atoms with Gasteiger partial charge in [-0.1, -0.05) is 4.49 Å². The zero-order valence-electron chi connectivity index (χ0n) is 9.21. The van der Waals surface area contributed by atoms with E-state index >= 15 is 0 Å². The van der Waals surface area contributed by atoms with Crippen molar-refractivity contribution >= 4 is 29.8 Å². The molecule has 0 radical (unpaired) electrons. The number of nitrogens with zero attached hydrogens (tertiary/aromatic N) is 3. The number of carbonyl (C=O) groups is 1. The molecule has 1 saturated heterocycles. The van der Waals surface area contributed by atoms with Crippen LogP contribution in [-0.4, -0.2) is 45.6 Å². The maximum absolute atomic E-state index is 12.0. The molecule has 2 rings (SSSR count). The molecule has 1 aliphatic rings. The summed E-state index contributed by atoms with van der Waals surface area (Å²) in [6, 6.07) is 0.692. The molecule has 0 aliphatic carbocycles. The van der Waals surface area contributed by atoms with Gasteiger partial charge in [0, 0.05) is 25.2 Å². The number of nitrogens with one attached hydrogen (secondary N) is 1. The van der Waals surface area contributed by atoms with Crippen LogP contribution in [0.2, 0.25) is 0 Å². The highest BCUT2D eigenvalue weighted by atomic mass is 35.5. The van der Waals surface area contributed by atoms with Crippen molar-refractivity contribution in [1.29, 1.82) is 0 Å². The van der Waals surface area contributed by atoms with Crippen LogP contribution in [0.15, 0.2) is 6.20 Å². The third-order valence-corrected chi connectivity index (χ3v) is 3.07. The number of aromatic nitrogens is 2. The molecule has 0 saturated carbocycles. The Morgan fingerprint density at radius 1 is 1.50 bits per heavy atom. The molecule has 0 bridgehead atoms. The van der Waals surface area contributed by atoms with Crippen LogP contribution in [0.5, 0.6) is 0 Å². The van der Waals surface area contributed by atoms with E-state index in [1.807, 2.05) is 4.90 Å². The van der Waals surface area contributed by atoms with Crippen LogP contribution >= 0.6 is 23.9 Å². The van der Waals surface area contributed by atoms with E-state index < -0.39 is 0 Å². The smallest absolute Gasteiger partial charge is 0.267 e. The van der Waals surface area contributed by atoms with E-state index in [4.69, 9.17) is 0 Å². The van der Waals surface area contributed by atoms with Crippen LogP contribution in [0, 0.1) is 0 Å². The van der Waals surface area contributed by atoms with Gasteiger partial charge in [0.15, 0.2) is 0 Å². The Labute approximate surface area is 105 Å². The van der Waals surface area contributed by atoms with Gasteiger partial charge in [0.05, 0.1) is 6.20 Å². The molecule has 16 heavy (non-hydrogen) atoms. The Morgan fingerprint density at radius 2 is 2.12 bits per heavy atom. The lowest BCUT2D eigenvalue weighted by molar-refractivity contribution is 0.0678. The van der Waals surface area contributed by atoms with Crippen molar-refractivity contribution in [2.24, 2.45) is 0 Å². The lowest BCUT2D eigenvalue weighted by atomic mass is 10.1. The first-order valence-electron chi connectivity index (χ1n) is 4.99. The van der Waals surface area contributed by atoms with Crippen LogP contribution in [0.3, 0.4) is 0 Å². The number of hydrogen-bond donors (Lipinski definition) is 1. The maximum atomic E-state index is 12.0. The quantitative estimate of drug-likeness (QED) is 0.813. The highest BCUT2D eigenvalue weighted by Crippen LogP contribution is 2.11. The summed E-state index contributed by atoms with van der Waals surface area (Å²) in [5.41, 5.74) is 0. The number of rotatable bonds is 1. The van der Waals surface area contributed by atoms with E-state index in [2.05, 4.69) is 28.8 Å². The average Bonchev–Trinajstić information content (AvgIpc) is 2.67. The average molecular weight is 263 g/mol. The third kappa shape index (κ3) is 2.90. The summed E-state index contributed by atoms with van der Waals surface area (Å²) in [7, 11) is 0. The predicted octanol–water partition coefficient (Wildman–Crippen LogP) is 0.782. The maximum Gasteiger partial charge on any atom is 0.267 e. The minimum absolute atomic E-state index is 0. The summed E-state index contributed by atoms with van der Waals surface area (Å²) in [5, 5.41) is 7.07. The number of piperazine rings is 1. The predicted molar refractivity (Wildman–Crippen MR) is 65.1 cm³/mol. The standard InChI is InChI=1S/C9H14N4OS.ClH/c1-6-4-13(5-7(2)11-6)9(14)8-3-10-12-15-8;/h3,6-7,11H,4-5H2,1-2H3;1H. The topological polar surface area (TPSA) is 58.1 Å².